The molecule has 0 aliphatic carbocycles. The van der Waals surface area contributed by atoms with Gasteiger partial charge in [-0.2, -0.15) is 5.10 Å². The number of halogens is 1. The Morgan fingerprint density at radius 1 is 1.40 bits per heavy atom. The summed E-state index contributed by atoms with van der Waals surface area (Å²) in [5, 5.41) is 5.73. The molecule has 2 heterocycles. The molecular formula is C15H17ClN4O3S2. The first kappa shape index (κ1) is 18.1. The van der Waals surface area contributed by atoms with Crippen molar-refractivity contribution in [3.8, 4) is 5.75 Å². The minimum Gasteiger partial charge on any atom is -0.495 e. The van der Waals surface area contributed by atoms with Gasteiger partial charge >= 0.3 is 0 Å². The van der Waals surface area contributed by atoms with E-state index in [0.717, 1.165) is 22.1 Å². The number of imidazole rings is 1. The van der Waals surface area contributed by atoms with Crippen LogP contribution in [0.1, 0.15) is 23.3 Å². The molecule has 0 unspecified atom stereocenters. The van der Waals surface area contributed by atoms with Gasteiger partial charge in [0.2, 0.25) is 15.0 Å². The van der Waals surface area contributed by atoms with E-state index in [9.17, 15) is 8.42 Å². The van der Waals surface area contributed by atoms with Crippen LogP contribution in [0.2, 0.25) is 5.02 Å². The van der Waals surface area contributed by atoms with Gasteiger partial charge in [0, 0.05) is 5.02 Å². The van der Waals surface area contributed by atoms with Crippen molar-refractivity contribution >= 4 is 37.9 Å². The van der Waals surface area contributed by atoms with E-state index in [2.05, 4.69) is 14.8 Å². The zero-order valence-corrected chi connectivity index (χ0v) is 16.3. The Morgan fingerprint density at radius 2 is 2.16 bits per heavy atom. The Labute approximate surface area is 154 Å². The SMILES string of the molecule is CCc1nn2c(CNS(=O)(=O)c3cc(Cl)ccc3OC)c(C)nc2s1. The number of aromatic nitrogens is 3. The van der Waals surface area contributed by atoms with Gasteiger partial charge in [0.25, 0.3) is 0 Å². The first-order valence-corrected chi connectivity index (χ1v) is 10.2. The fourth-order valence-corrected chi connectivity index (χ4v) is 4.69. The van der Waals surface area contributed by atoms with Crippen LogP contribution in [0.5, 0.6) is 5.75 Å². The summed E-state index contributed by atoms with van der Waals surface area (Å²) in [7, 11) is -2.40. The minimum absolute atomic E-state index is 0.00608. The van der Waals surface area contributed by atoms with Crippen LogP contribution in [0.25, 0.3) is 4.96 Å². The maximum Gasteiger partial charge on any atom is 0.244 e. The Hall–Kier alpha value is -1.68. The third kappa shape index (κ3) is 3.50. The number of nitrogens with one attached hydrogen (secondary N) is 1. The lowest BCUT2D eigenvalue weighted by Crippen LogP contribution is -2.25. The zero-order valence-electron chi connectivity index (χ0n) is 13.9. The molecule has 0 aliphatic heterocycles. The summed E-state index contributed by atoms with van der Waals surface area (Å²) in [6, 6.07) is 4.46. The van der Waals surface area contributed by atoms with Gasteiger partial charge < -0.3 is 4.74 Å². The summed E-state index contributed by atoms with van der Waals surface area (Å²) in [4.78, 5) is 5.19. The summed E-state index contributed by atoms with van der Waals surface area (Å²) in [6.45, 7) is 3.91. The minimum atomic E-state index is -3.81. The Bertz CT molecular complexity index is 1030. The van der Waals surface area contributed by atoms with Gasteiger partial charge in [-0.25, -0.2) is 22.6 Å². The lowest BCUT2D eigenvalue weighted by Gasteiger charge is -2.11. The summed E-state index contributed by atoms with van der Waals surface area (Å²) >= 11 is 7.43. The molecule has 0 aliphatic rings. The van der Waals surface area contributed by atoms with Crippen molar-refractivity contribution in [1.82, 2.24) is 19.3 Å². The number of hydrogen-bond donors (Lipinski definition) is 1. The van der Waals surface area contributed by atoms with Gasteiger partial charge in [-0.1, -0.05) is 29.9 Å². The van der Waals surface area contributed by atoms with E-state index in [4.69, 9.17) is 16.3 Å². The normalized spacial score (nSPS) is 12.0. The highest BCUT2D eigenvalue weighted by Crippen LogP contribution is 2.27. The van der Waals surface area contributed by atoms with Gasteiger partial charge in [0.05, 0.1) is 25.0 Å². The molecule has 10 heteroatoms. The molecule has 1 aromatic carbocycles. The van der Waals surface area contributed by atoms with Crippen molar-refractivity contribution in [3.05, 3.63) is 39.6 Å². The molecule has 1 N–H and O–H groups in total. The molecule has 0 amide bonds. The first-order chi connectivity index (χ1) is 11.9. The number of benzene rings is 1. The monoisotopic (exact) mass is 400 g/mol. The third-order valence-electron chi connectivity index (χ3n) is 3.69. The second-order valence-corrected chi connectivity index (χ2v) is 8.52. The standard InChI is InChI=1S/C15H17ClN4O3S2/c1-4-14-19-20-11(9(2)18-15(20)24-14)8-17-25(21,22)13-7-10(16)5-6-12(13)23-3/h5-7,17H,4,8H2,1-3H3. The number of ether oxygens (including phenoxy) is 1. The van der Waals surface area contributed by atoms with Gasteiger partial charge in [-0.3, -0.25) is 0 Å². The fraction of sp³-hybridized carbons (Fsp3) is 0.333. The average molecular weight is 401 g/mol. The van der Waals surface area contributed by atoms with Crippen LogP contribution in [0.3, 0.4) is 0 Å². The van der Waals surface area contributed by atoms with Crippen LogP contribution in [0, 0.1) is 6.92 Å². The van der Waals surface area contributed by atoms with E-state index in [1.165, 1.54) is 30.6 Å². The molecule has 3 rings (SSSR count). The van der Waals surface area contributed by atoms with Crippen LogP contribution in [-0.4, -0.2) is 30.1 Å². The highest BCUT2D eigenvalue weighted by atomic mass is 35.5. The molecule has 7 nitrogen and oxygen atoms in total. The second-order valence-electron chi connectivity index (χ2n) is 5.31. The van der Waals surface area contributed by atoms with Crippen LogP contribution >= 0.6 is 22.9 Å². The zero-order chi connectivity index (χ0) is 18.2. The van der Waals surface area contributed by atoms with Gasteiger partial charge in [-0.05, 0) is 31.5 Å². The molecule has 0 saturated carbocycles. The van der Waals surface area contributed by atoms with E-state index in [-0.39, 0.29) is 17.2 Å². The number of methoxy groups -OCH3 is 1. The van der Waals surface area contributed by atoms with Gasteiger partial charge in [0.15, 0.2) is 0 Å². The van der Waals surface area contributed by atoms with E-state index >= 15 is 0 Å². The smallest absolute Gasteiger partial charge is 0.244 e. The van der Waals surface area contributed by atoms with Crippen molar-refractivity contribution in [3.63, 3.8) is 0 Å². The van der Waals surface area contributed by atoms with Crippen LogP contribution in [0.15, 0.2) is 23.1 Å². The Morgan fingerprint density at radius 3 is 2.84 bits per heavy atom. The average Bonchev–Trinajstić information content (AvgIpc) is 3.09. The molecule has 0 bridgehead atoms. The molecule has 0 atom stereocenters. The Balaban J connectivity index is 1.92. The largest absolute Gasteiger partial charge is 0.495 e. The second kappa shape index (κ2) is 6.91. The van der Waals surface area contributed by atoms with E-state index in [0.29, 0.717) is 10.7 Å². The summed E-state index contributed by atoms with van der Waals surface area (Å²) in [6.07, 6.45) is 0.804. The van der Waals surface area contributed by atoms with Crippen molar-refractivity contribution in [2.75, 3.05) is 7.11 Å². The molecule has 25 heavy (non-hydrogen) atoms. The van der Waals surface area contributed by atoms with Crippen molar-refractivity contribution in [2.24, 2.45) is 0 Å². The molecule has 0 radical (unpaired) electrons. The van der Waals surface area contributed by atoms with Crippen molar-refractivity contribution in [1.29, 1.82) is 0 Å². The molecule has 3 aromatic rings. The van der Waals surface area contributed by atoms with E-state index in [1.807, 2.05) is 13.8 Å². The van der Waals surface area contributed by atoms with Crippen molar-refractivity contribution in [2.45, 2.75) is 31.7 Å². The predicted molar refractivity (Wildman–Crippen MR) is 97.0 cm³/mol. The van der Waals surface area contributed by atoms with E-state index < -0.39 is 10.0 Å². The summed E-state index contributed by atoms with van der Waals surface area (Å²) in [5.41, 5.74) is 1.44. The molecule has 134 valence electrons. The third-order valence-corrected chi connectivity index (χ3v) is 6.40. The number of fused-ring (bicyclic) bond motifs is 1. The topological polar surface area (TPSA) is 85.6 Å². The Kier molecular flexibility index (Phi) is 5.01. The number of hydrogen-bond acceptors (Lipinski definition) is 6. The summed E-state index contributed by atoms with van der Waals surface area (Å²) < 4.78 is 34.7. The first-order valence-electron chi connectivity index (χ1n) is 7.53. The van der Waals surface area contributed by atoms with Gasteiger partial charge in [-0.15, -0.1) is 0 Å². The summed E-state index contributed by atoms with van der Waals surface area (Å²) in [5.74, 6) is 0.231. The highest BCUT2D eigenvalue weighted by molar-refractivity contribution is 7.89. The number of aryl methyl sites for hydroxylation is 2. The maximum absolute atomic E-state index is 12.7. The maximum atomic E-state index is 12.7. The fourth-order valence-electron chi connectivity index (χ4n) is 2.38. The molecular weight excluding hydrogens is 384 g/mol. The number of nitrogens with zero attached hydrogens (tertiary/aromatic N) is 3. The van der Waals surface area contributed by atoms with Crippen LogP contribution in [-0.2, 0) is 23.0 Å². The molecule has 0 fully saturated rings. The molecule has 0 saturated heterocycles. The predicted octanol–water partition coefficient (Wildman–Crippen LogP) is 2.80. The quantitative estimate of drug-likeness (QED) is 0.687. The van der Waals surface area contributed by atoms with Gasteiger partial charge in [0.1, 0.15) is 15.7 Å². The lowest BCUT2D eigenvalue weighted by atomic mass is 10.3. The molecule has 2 aromatic heterocycles. The lowest BCUT2D eigenvalue weighted by molar-refractivity contribution is 0.402. The number of sulfonamides is 1. The van der Waals surface area contributed by atoms with Crippen LogP contribution < -0.4 is 9.46 Å². The molecule has 0 spiro atoms. The van der Waals surface area contributed by atoms with E-state index in [1.54, 1.807) is 10.6 Å². The van der Waals surface area contributed by atoms with Crippen molar-refractivity contribution < 1.29 is 13.2 Å². The van der Waals surface area contributed by atoms with Crippen LogP contribution in [0.4, 0.5) is 0 Å². The highest BCUT2D eigenvalue weighted by Gasteiger charge is 2.22. The number of rotatable bonds is 6.